The molecule has 2 aliphatic carbocycles. The van der Waals surface area contributed by atoms with Gasteiger partial charge in [0.25, 0.3) is 0 Å². The second-order valence-corrected chi connectivity index (χ2v) is 7.02. The lowest BCUT2D eigenvalue weighted by atomic mass is 9.68. The zero-order chi connectivity index (χ0) is 14.4. The van der Waals surface area contributed by atoms with Gasteiger partial charge in [0.05, 0.1) is 7.11 Å². The number of aliphatic hydroxyl groups excluding tert-OH is 1. The van der Waals surface area contributed by atoms with Crippen molar-refractivity contribution in [1.29, 1.82) is 0 Å². The van der Waals surface area contributed by atoms with Crippen molar-refractivity contribution in [2.24, 2.45) is 11.8 Å². The van der Waals surface area contributed by atoms with Crippen LogP contribution in [0.1, 0.15) is 36.3 Å². The van der Waals surface area contributed by atoms with Crippen LogP contribution in [0, 0.1) is 11.8 Å². The minimum absolute atomic E-state index is 0.313. The van der Waals surface area contributed by atoms with E-state index in [1.807, 2.05) is 0 Å². The van der Waals surface area contributed by atoms with Gasteiger partial charge in [-0.05, 0) is 67.3 Å². The van der Waals surface area contributed by atoms with Crippen LogP contribution in [0.25, 0.3) is 0 Å². The SMILES string of the molecule is COc1ccc2c(c1)C1CCN(CC3CC3)C(C2)C1CO. The minimum Gasteiger partial charge on any atom is -0.497 e. The van der Waals surface area contributed by atoms with Gasteiger partial charge >= 0.3 is 0 Å². The summed E-state index contributed by atoms with van der Waals surface area (Å²) in [5.74, 6) is 2.79. The summed E-state index contributed by atoms with van der Waals surface area (Å²) >= 11 is 0. The fourth-order valence-corrected chi connectivity index (χ4v) is 4.45. The number of likely N-dealkylation sites (tertiary alicyclic amines) is 1. The fourth-order valence-electron chi connectivity index (χ4n) is 4.45. The van der Waals surface area contributed by atoms with Gasteiger partial charge in [-0.15, -0.1) is 0 Å². The predicted molar refractivity (Wildman–Crippen MR) is 82.7 cm³/mol. The lowest BCUT2D eigenvalue weighted by molar-refractivity contribution is 0.0285. The highest BCUT2D eigenvalue weighted by atomic mass is 16.5. The van der Waals surface area contributed by atoms with Crippen molar-refractivity contribution in [1.82, 2.24) is 4.90 Å². The first-order valence-corrected chi connectivity index (χ1v) is 8.32. The van der Waals surface area contributed by atoms with E-state index in [0.717, 1.165) is 18.1 Å². The molecular formula is C18H25NO2. The molecule has 1 aromatic rings. The van der Waals surface area contributed by atoms with Crippen molar-refractivity contribution in [3.8, 4) is 5.75 Å². The van der Waals surface area contributed by atoms with E-state index in [1.165, 1.54) is 43.5 Å². The van der Waals surface area contributed by atoms with E-state index in [-0.39, 0.29) is 0 Å². The Morgan fingerprint density at radius 3 is 2.86 bits per heavy atom. The lowest BCUT2D eigenvalue weighted by Gasteiger charge is -2.49. The molecule has 0 spiro atoms. The first kappa shape index (κ1) is 13.6. The van der Waals surface area contributed by atoms with E-state index >= 15 is 0 Å². The lowest BCUT2D eigenvalue weighted by Crippen LogP contribution is -2.53. The van der Waals surface area contributed by atoms with E-state index in [0.29, 0.717) is 24.5 Å². The molecule has 1 N–H and O–H groups in total. The molecule has 21 heavy (non-hydrogen) atoms. The van der Waals surface area contributed by atoms with Crippen LogP contribution in [0.3, 0.4) is 0 Å². The molecule has 1 saturated heterocycles. The molecule has 0 amide bonds. The predicted octanol–water partition coefficient (Wildman–Crippen LogP) is 2.43. The van der Waals surface area contributed by atoms with E-state index in [4.69, 9.17) is 4.74 Å². The quantitative estimate of drug-likeness (QED) is 0.923. The Morgan fingerprint density at radius 1 is 1.29 bits per heavy atom. The zero-order valence-electron chi connectivity index (χ0n) is 12.8. The summed E-state index contributed by atoms with van der Waals surface area (Å²) in [6, 6.07) is 7.06. The summed E-state index contributed by atoms with van der Waals surface area (Å²) in [6.07, 6.45) is 5.08. The standard InChI is InChI=1S/C18H25NO2/c1-21-14-5-4-13-8-18-17(11-20)15(16(13)9-14)6-7-19(18)10-12-2-3-12/h4-5,9,12,15,17-18,20H,2-3,6-8,10-11H2,1H3. The molecule has 2 fully saturated rings. The number of aliphatic hydroxyl groups is 1. The third kappa shape index (κ3) is 2.36. The maximum atomic E-state index is 9.96. The second kappa shape index (κ2) is 5.29. The molecule has 0 radical (unpaired) electrons. The summed E-state index contributed by atoms with van der Waals surface area (Å²) in [7, 11) is 1.73. The number of rotatable bonds is 4. The van der Waals surface area contributed by atoms with Crippen LogP contribution >= 0.6 is 0 Å². The topological polar surface area (TPSA) is 32.7 Å². The average molecular weight is 287 g/mol. The average Bonchev–Trinajstić information content (AvgIpc) is 3.33. The van der Waals surface area contributed by atoms with Gasteiger partial charge in [0.15, 0.2) is 0 Å². The van der Waals surface area contributed by atoms with Gasteiger partial charge < -0.3 is 9.84 Å². The van der Waals surface area contributed by atoms with Crippen LogP contribution < -0.4 is 4.74 Å². The molecule has 1 aliphatic heterocycles. The van der Waals surface area contributed by atoms with Gasteiger partial charge in [-0.3, -0.25) is 4.90 Å². The Bertz CT molecular complexity index is 526. The number of piperidine rings is 1. The summed E-state index contributed by atoms with van der Waals surface area (Å²) in [5, 5.41) is 9.96. The number of fused-ring (bicyclic) bond motifs is 4. The Hall–Kier alpha value is -1.06. The molecule has 3 heteroatoms. The van der Waals surface area contributed by atoms with Gasteiger partial charge in [-0.25, -0.2) is 0 Å². The first-order valence-electron chi connectivity index (χ1n) is 8.32. The number of hydrogen-bond acceptors (Lipinski definition) is 3. The van der Waals surface area contributed by atoms with Crippen molar-refractivity contribution in [2.75, 3.05) is 26.8 Å². The van der Waals surface area contributed by atoms with E-state index < -0.39 is 0 Å². The number of methoxy groups -OCH3 is 1. The maximum Gasteiger partial charge on any atom is 0.119 e. The normalized spacial score (nSPS) is 31.8. The summed E-state index contributed by atoms with van der Waals surface area (Å²) in [5.41, 5.74) is 2.90. The maximum absolute atomic E-state index is 9.96. The molecule has 3 atom stereocenters. The highest BCUT2D eigenvalue weighted by molar-refractivity contribution is 5.41. The fraction of sp³-hybridized carbons (Fsp3) is 0.667. The molecule has 3 nitrogen and oxygen atoms in total. The minimum atomic E-state index is 0.313. The van der Waals surface area contributed by atoms with Crippen LogP contribution in [-0.4, -0.2) is 42.9 Å². The van der Waals surface area contributed by atoms with Gasteiger partial charge in [-0.2, -0.15) is 0 Å². The van der Waals surface area contributed by atoms with Crippen molar-refractivity contribution < 1.29 is 9.84 Å². The highest BCUT2D eigenvalue weighted by Gasteiger charge is 2.43. The summed E-state index contributed by atoms with van der Waals surface area (Å²) < 4.78 is 5.40. The third-order valence-corrected chi connectivity index (χ3v) is 5.79. The molecule has 1 saturated carbocycles. The summed E-state index contributed by atoms with van der Waals surface area (Å²) in [6.45, 7) is 2.76. The molecule has 0 aromatic heterocycles. The molecule has 4 rings (SSSR count). The molecular weight excluding hydrogens is 262 g/mol. The Kier molecular flexibility index (Phi) is 3.43. The molecule has 1 heterocycles. The zero-order valence-corrected chi connectivity index (χ0v) is 12.8. The number of benzene rings is 1. The highest BCUT2D eigenvalue weighted by Crippen LogP contribution is 2.46. The van der Waals surface area contributed by atoms with E-state index in [9.17, 15) is 5.11 Å². The molecule has 3 unspecified atom stereocenters. The van der Waals surface area contributed by atoms with Crippen LogP contribution in [0.4, 0.5) is 0 Å². The Balaban J connectivity index is 1.65. The molecule has 1 aromatic carbocycles. The molecule has 114 valence electrons. The van der Waals surface area contributed by atoms with E-state index in [2.05, 4.69) is 23.1 Å². The van der Waals surface area contributed by atoms with Crippen LogP contribution in [0.15, 0.2) is 18.2 Å². The van der Waals surface area contributed by atoms with Gasteiger partial charge in [0.2, 0.25) is 0 Å². The molecule has 2 bridgehead atoms. The van der Waals surface area contributed by atoms with Gasteiger partial charge in [0.1, 0.15) is 5.75 Å². The monoisotopic (exact) mass is 287 g/mol. The third-order valence-electron chi connectivity index (χ3n) is 5.79. The Labute approximate surface area is 126 Å². The number of nitrogens with zero attached hydrogens (tertiary/aromatic N) is 1. The van der Waals surface area contributed by atoms with Crippen molar-refractivity contribution in [3.05, 3.63) is 29.3 Å². The van der Waals surface area contributed by atoms with Gasteiger partial charge in [0, 0.05) is 25.1 Å². The van der Waals surface area contributed by atoms with Crippen LogP contribution in [0.5, 0.6) is 5.75 Å². The first-order chi connectivity index (χ1) is 10.3. The Morgan fingerprint density at radius 2 is 2.14 bits per heavy atom. The van der Waals surface area contributed by atoms with Crippen molar-refractivity contribution in [2.45, 2.75) is 37.6 Å². The van der Waals surface area contributed by atoms with Crippen molar-refractivity contribution in [3.63, 3.8) is 0 Å². The van der Waals surface area contributed by atoms with E-state index in [1.54, 1.807) is 7.11 Å². The van der Waals surface area contributed by atoms with Crippen LogP contribution in [-0.2, 0) is 6.42 Å². The van der Waals surface area contributed by atoms with Crippen molar-refractivity contribution >= 4 is 0 Å². The van der Waals surface area contributed by atoms with Gasteiger partial charge in [-0.1, -0.05) is 6.07 Å². The summed E-state index contributed by atoms with van der Waals surface area (Å²) in [4.78, 5) is 2.67. The smallest absolute Gasteiger partial charge is 0.119 e. The number of ether oxygens (including phenoxy) is 1. The molecule has 3 aliphatic rings. The van der Waals surface area contributed by atoms with Crippen LogP contribution in [0.2, 0.25) is 0 Å². The number of hydrogen-bond donors (Lipinski definition) is 1. The largest absolute Gasteiger partial charge is 0.497 e. The second-order valence-electron chi connectivity index (χ2n) is 7.02.